The van der Waals surface area contributed by atoms with E-state index in [1.807, 2.05) is 31.2 Å². The van der Waals surface area contributed by atoms with Gasteiger partial charge in [0.1, 0.15) is 6.10 Å². The van der Waals surface area contributed by atoms with Crippen LogP contribution in [-0.2, 0) is 11.8 Å². The lowest BCUT2D eigenvalue weighted by Gasteiger charge is -2.36. The molecule has 0 aliphatic carbocycles. The first-order valence-corrected chi connectivity index (χ1v) is 11.7. The van der Waals surface area contributed by atoms with Gasteiger partial charge in [0.2, 0.25) is 0 Å². The van der Waals surface area contributed by atoms with Crippen molar-refractivity contribution in [2.45, 2.75) is 19.4 Å². The predicted octanol–water partition coefficient (Wildman–Crippen LogP) is 1.89. The molecule has 1 N–H and O–H groups in total. The van der Waals surface area contributed by atoms with E-state index in [0.717, 1.165) is 70.3 Å². The van der Waals surface area contributed by atoms with E-state index in [-0.39, 0.29) is 6.10 Å². The highest BCUT2D eigenvalue weighted by Crippen LogP contribution is 2.21. The van der Waals surface area contributed by atoms with E-state index in [4.69, 9.17) is 4.74 Å². The van der Waals surface area contributed by atoms with Gasteiger partial charge in [-0.15, -0.1) is 0 Å². The minimum Gasteiger partial charge on any atom is -0.370 e. The highest BCUT2D eigenvalue weighted by atomic mass is 16.5. The maximum atomic E-state index is 5.97. The van der Waals surface area contributed by atoms with Crippen LogP contribution in [-0.4, -0.2) is 91.6 Å². The third kappa shape index (κ3) is 5.81. The molecule has 2 aliphatic rings. The predicted molar refractivity (Wildman–Crippen MR) is 129 cm³/mol. The second-order valence-electron chi connectivity index (χ2n) is 8.75. The lowest BCUT2D eigenvalue weighted by atomic mass is 10.1. The van der Waals surface area contributed by atoms with Crippen LogP contribution in [0.1, 0.15) is 23.7 Å². The molecule has 2 aliphatic heterocycles. The number of nitrogens with one attached hydrogen (secondary N) is 1. The van der Waals surface area contributed by atoms with Gasteiger partial charge in [0.15, 0.2) is 5.96 Å². The maximum Gasteiger partial charge on any atom is 0.193 e. The summed E-state index contributed by atoms with van der Waals surface area (Å²) in [6.07, 6.45) is 5.08. The summed E-state index contributed by atoms with van der Waals surface area (Å²) in [5, 5.41) is 7.84. The molecular formula is C24H37N7O. The fraction of sp³-hybridized carbons (Fsp3) is 0.583. The zero-order chi connectivity index (χ0) is 22.3. The van der Waals surface area contributed by atoms with Crippen LogP contribution in [0.15, 0.2) is 41.7 Å². The van der Waals surface area contributed by atoms with Crippen molar-refractivity contribution in [3.05, 3.63) is 47.8 Å². The molecule has 2 fully saturated rings. The second kappa shape index (κ2) is 10.8. The van der Waals surface area contributed by atoms with Crippen molar-refractivity contribution in [2.75, 3.05) is 70.9 Å². The number of aromatic nitrogens is 2. The second-order valence-corrected chi connectivity index (χ2v) is 8.75. The molecule has 0 radical (unpaired) electrons. The standard InChI is InChI=1S/C24H37N7O/c1-20-6-4-7-22(16-20)30-12-10-29(11-13-30)9-5-8-26-24(25-2)31-14-15-32-23(19-31)21-17-27-28(3)18-21/h4,6-7,16-18,23H,5,8-15,19H2,1-3H3,(H,25,26). The molecule has 8 heteroatoms. The molecule has 1 aromatic heterocycles. The lowest BCUT2D eigenvalue weighted by Crippen LogP contribution is -2.49. The quantitative estimate of drug-likeness (QED) is 0.421. The highest BCUT2D eigenvalue weighted by molar-refractivity contribution is 5.80. The normalized spacial score (nSPS) is 20.6. The number of anilines is 1. The van der Waals surface area contributed by atoms with E-state index >= 15 is 0 Å². The summed E-state index contributed by atoms with van der Waals surface area (Å²) in [6, 6.07) is 8.83. The van der Waals surface area contributed by atoms with Gasteiger partial charge in [-0.2, -0.15) is 5.10 Å². The molecule has 8 nitrogen and oxygen atoms in total. The van der Waals surface area contributed by atoms with E-state index in [1.165, 1.54) is 11.3 Å². The number of hydrogen-bond donors (Lipinski definition) is 1. The van der Waals surface area contributed by atoms with Crippen molar-refractivity contribution < 1.29 is 4.74 Å². The zero-order valence-electron chi connectivity index (χ0n) is 19.7. The molecule has 1 atom stereocenters. The van der Waals surface area contributed by atoms with E-state index in [2.05, 4.69) is 61.3 Å². The van der Waals surface area contributed by atoms with E-state index in [1.54, 1.807) is 0 Å². The Morgan fingerprint density at radius 3 is 2.78 bits per heavy atom. The number of hydrogen-bond acceptors (Lipinski definition) is 5. The number of ether oxygens (including phenoxy) is 1. The van der Waals surface area contributed by atoms with Crippen LogP contribution in [0.4, 0.5) is 5.69 Å². The van der Waals surface area contributed by atoms with Crippen molar-refractivity contribution in [2.24, 2.45) is 12.0 Å². The SMILES string of the molecule is CN=C(NCCCN1CCN(c2cccc(C)c2)CC1)N1CCOC(c2cnn(C)c2)C1. The van der Waals surface area contributed by atoms with Gasteiger partial charge in [-0.25, -0.2) is 0 Å². The third-order valence-corrected chi connectivity index (χ3v) is 6.35. The van der Waals surface area contributed by atoms with Crippen molar-refractivity contribution in [1.82, 2.24) is 24.9 Å². The number of guanidine groups is 1. The molecular weight excluding hydrogens is 402 g/mol. The Kier molecular flexibility index (Phi) is 7.65. The number of aryl methyl sites for hydroxylation is 2. The first-order valence-electron chi connectivity index (χ1n) is 11.7. The monoisotopic (exact) mass is 439 g/mol. The summed E-state index contributed by atoms with van der Waals surface area (Å²) in [7, 11) is 3.80. The number of rotatable bonds is 6. The lowest BCUT2D eigenvalue weighted by molar-refractivity contribution is -0.00802. The Balaban J connectivity index is 1.17. The van der Waals surface area contributed by atoms with Crippen LogP contribution in [0.25, 0.3) is 0 Å². The number of piperazine rings is 1. The van der Waals surface area contributed by atoms with Gasteiger partial charge in [0, 0.05) is 70.8 Å². The molecule has 2 saturated heterocycles. The minimum atomic E-state index is 0.0423. The fourth-order valence-electron chi connectivity index (χ4n) is 4.54. The van der Waals surface area contributed by atoms with Crippen LogP contribution < -0.4 is 10.2 Å². The smallest absolute Gasteiger partial charge is 0.193 e. The maximum absolute atomic E-state index is 5.97. The molecule has 174 valence electrons. The Bertz CT molecular complexity index is 888. The first kappa shape index (κ1) is 22.6. The fourth-order valence-corrected chi connectivity index (χ4v) is 4.54. The zero-order valence-corrected chi connectivity index (χ0v) is 19.7. The van der Waals surface area contributed by atoms with Crippen molar-refractivity contribution in [3.63, 3.8) is 0 Å². The summed E-state index contributed by atoms with van der Waals surface area (Å²) in [5.41, 5.74) is 3.80. The van der Waals surface area contributed by atoms with Crippen molar-refractivity contribution in [3.8, 4) is 0 Å². The van der Waals surface area contributed by atoms with Gasteiger partial charge in [0.25, 0.3) is 0 Å². The van der Waals surface area contributed by atoms with Crippen LogP contribution in [0.5, 0.6) is 0 Å². The summed E-state index contributed by atoms with van der Waals surface area (Å²) in [6.45, 7) is 11.0. The highest BCUT2D eigenvalue weighted by Gasteiger charge is 2.25. The average molecular weight is 440 g/mol. The average Bonchev–Trinajstić information content (AvgIpc) is 3.26. The van der Waals surface area contributed by atoms with Gasteiger partial charge in [-0.05, 0) is 37.6 Å². The molecule has 0 saturated carbocycles. The summed E-state index contributed by atoms with van der Waals surface area (Å²) in [5.74, 6) is 0.964. The molecule has 2 aromatic rings. The summed E-state index contributed by atoms with van der Waals surface area (Å²) >= 11 is 0. The largest absolute Gasteiger partial charge is 0.370 e. The number of aliphatic imine (C=N–C) groups is 1. The van der Waals surface area contributed by atoms with Crippen molar-refractivity contribution >= 4 is 11.6 Å². The van der Waals surface area contributed by atoms with Gasteiger partial charge in [-0.1, -0.05) is 12.1 Å². The van der Waals surface area contributed by atoms with E-state index in [0.29, 0.717) is 6.61 Å². The minimum absolute atomic E-state index is 0.0423. The molecule has 0 spiro atoms. The van der Waals surface area contributed by atoms with Gasteiger partial charge < -0.3 is 19.9 Å². The number of nitrogens with zero attached hydrogens (tertiary/aromatic N) is 6. The van der Waals surface area contributed by atoms with Crippen LogP contribution in [0.3, 0.4) is 0 Å². The topological polar surface area (TPSA) is 61.2 Å². The molecule has 0 bridgehead atoms. The van der Waals surface area contributed by atoms with Gasteiger partial charge in [-0.3, -0.25) is 14.6 Å². The van der Waals surface area contributed by atoms with Crippen LogP contribution in [0, 0.1) is 6.92 Å². The Morgan fingerprint density at radius 1 is 1.22 bits per heavy atom. The third-order valence-electron chi connectivity index (χ3n) is 6.35. The number of benzene rings is 1. The van der Waals surface area contributed by atoms with Gasteiger partial charge >= 0.3 is 0 Å². The van der Waals surface area contributed by atoms with E-state index in [9.17, 15) is 0 Å². The molecule has 1 unspecified atom stereocenters. The van der Waals surface area contributed by atoms with Crippen molar-refractivity contribution in [1.29, 1.82) is 0 Å². The molecule has 3 heterocycles. The van der Waals surface area contributed by atoms with E-state index < -0.39 is 0 Å². The molecule has 32 heavy (non-hydrogen) atoms. The molecule has 1 aromatic carbocycles. The first-order chi connectivity index (χ1) is 15.6. The Morgan fingerprint density at radius 2 is 2.06 bits per heavy atom. The van der Waals surface area contributed by atoms with Gasteiger partial charge in [0.05, 0.1) is 19.3 Å². The van der Waals surface area contributed by atoms with Crippen LogP contribution >= 0.6 is 0 Å². The summed E-state index contributed by atoms with van der Waals surface area (Å²) < 4.78 is 7.79. The molecule has 4 rings (SSSR count). The summed E-state index contributed by atoms with van der Waals surface area (Å²) in [4.78, 5) is 11.9. The van der Waals surface area contributed by atoms with Crippen LogP contribution in [0.2, 0.25) is 0 Å². The Labute approximate surface area is 191 Å². The number of morpholine rings is 1. The Hall–Kier alpha value is -2.58. The molecule has 0 amide bonds.